The molecule has 0 saturated carbocycles. The lowest BCUT2D eigenvalue weighted by Gasteiger charge is -2.32. The maximum absolute atomic E-state index is 12.2. The molecule has 6 nitrogen and oxygen atoms in total. The van der Waals surface area contributed by atoms with E-state index in [9.17, 15) is 13.2 Å². The Morgan fingerprint density at radius 1 is 1.29 bits per heavy atom. The first-order valence-electron chi connectivity index (χ1n) is 7.95. The van der Waals surface area contributed by atoms with Crippen LogP contribution in [0.3, 0.4) is 0 Å². The summed E-state index contributed by atoms with van der Waals surface area (Å²) in [5.74, 6) is 0.651. The molecule has 2 aliphatic heterocycles. The van der Waals surface area contributed by atoms with E-state index in [1.54, 1.807) is 4.31 Å². The molecule has 0 spiro atoms. The standard InChI is InChI=1S/C14H27N3O3S/c1-3-10-21(19,20)17-8-5-12(6-9-17)16-14(18)13-11(2)4-7-15-13/h11-13,15H,3-10H2,1-2H3,(H,16,18). The number of rotatable bonds is 5. The molecule has 0 aromatic rings. The Kier molecular flexibility index (Phi) is 5.62. The molecule has 0 aliphatic carbocycles. The van der Waals surface area contributed by atoms with Gasteiger partial charge in [0.1, 0.15) is 0 Å². The molecular formula is C14H27N3O3S. The summed E-state index contributed by atoms with van der Waals surface area (Å²) in [5.41, 5.74) is 0. The average Bonchev–Trinajstić information content (AvgIpc) is 2.85. The second kappa shape index (κ2) is 7.07. The van der Waals surface area contributed by atoms with Gasteiger partial charge in [0.05, 0.1) is 11.8 Å². The third-order valence-corrected chi connectivity index (χ3v) is 6.55. The number of carbonyl (C=O) groups excluding carboxylic acids is 1. The minimum Gasteiger partial charge on any atom is -0.352 e. The Bertz CT molecular complexity index is 458. The molecule has 2 aliphatic rings. The predicted octanol–water partition coefficient (Wildman–Crippen LogP) is 0.305. The Morgan fingerprint density at radius 3 is 2.48 bits per heavy atom. The highest BCUT2D eigenvalue weighted by atomic mass is 32.2. The van der Waals surface area contributed by atoms with Gasteiger partial charge in [0.15, 0.2) is 0 Å². The zero-order valence-electron chi connectivity index (χ0n) is 13.0. The first-order chi connectivity index (χ1) is 9.94. The Morgan fingerprint density at radius 2 is 1.95 bits per heavy atom. The van der Waals surface area contributed by atoms with E-state index in [4.69, 9.17) is 0 Å². The van der Waals surface area contributed by atoms with Crippen LogP contribution in [-0.2, 0) is 14.8 Å². The molecule has 0 aromatic carbocycles. The van der Waals surface area contributed by atoms with Crippen LogP contribution in [0.15, 0.2) is 0 Å². The van der Waals surface area contributed by atoms with Crippen molar-refractivity contribution in [3.05, 3.63) is 0 Å². The molecule has 2 rings (SSSR count). The van der Waals surface area contributed by atoms with Crippen LogP contribution >= 0.6 is 0 Å². The van der Waals surface area contributed by atoms with E-state index in [0.717, 1.165) is 13.0 Å². The van der Waals surface area contributed by atoms with E-state index in [2.05, 4.69) is 17.6 Å². The highest BCUT2D eigenvalue weighted by Crippen LogP contribution is 2.18. The third-order valence-electron chi connectivity index (χ3n) is 4.47. The van der Waals surface area contributed by atoms with Crippen molar-refractivity contribution in [1.82, 2.24) is 14.9 Å². The maximum atomic E-state index is 12.2. The number of amides is 1. The molecule has 2 atom stereocenters. The molecule has 2 heterocycles. The van der Waals surface area contributed by atoms with Gasteiger partial charge in [-0.1, -0.05) is 13.8 Å². The smallest absolute Gasteiger partial charge is 0.237 e. The summed E-state index contributed by atoms with van der Waals surface area (Å²) >= 11 is 0. The Hall–Kier alpha value is -0.660. The number of sulfonamides is 1. The number of carbonyl (C=O) groups is 1. The van der Waals surface area contributed by atoms with Crippen molar-refractivity contribution >= 4 is 15.9 Å². The Balaban J connectivity index is 1.80. The van der Waals surface area contributed by atoms with Gasteiger partial charge in [0.25, 0.3) is 0 Å². The first kappa shape index (κ1) is 16.7. The van der Waals surface area contributed by atoms with Crippen LogP contribution < -0.4 is 10.6 Å². The van der Waals surface area contributed by atoms with Crippen molar-refractivity contribution in [2.24, 2.45) is 5.92 Å². The van der Waals surface area contributed by atoms with Crippen LogP contribution in [0.25, 0.3) is 0 Å². The van der Waals surface area contributed by atoms with Crippen LogP contribution in [0, 0.1) is 5.92 Å². The van der Waals surface area contributed by atoms with Gasteiger partial charge in [-0.3, -0.25) is 4.79 Å². The van der Waals surface area contributed by atoms with E-state index < -0.39 is 10.0 Å². The monoisotopic (exact) mass is 317 g/mol. The first-order valence-corrected chi connectivity index (χ1v) is 9.56. The lowest BCUT2D eigenvalue weighted by atomic mass is 10.0. The van der Waals surface area contributed by atoms with Crippen molar-refractivity contribution in [3.8, 4) is 0 Å². The third kappa shape index (κ3) is 4.17. The SMILES string of the molecule is CCCS(=O)(=O)N1CCC(NC(=O)C2NCCC2C)CC1. The normalized spacial score (nSPS) is 28.7. The number of nitrogens with one attached hydrogen (secondary N) is 2. The second-order valence-electron chi connectivity index (χ2n) is 6.20. The quantitative estimate of drug-likeness (QED) is 0.765. The van der Waals surface area contributed by atoms with Gasteiger partial charge in [-0.25, -0.2) is 12.7 Å². The van der Waals surface area contributed by atoms with E-state index in [0.29, 0.717) is 38.3 Å². The number of hydrogen-bond acceptors (Lipinski definition) is 4. The largest absolute Gasteiger partial charge is 0.352 e. The van der Waals surface area contributed by atoms with Crippen LogP contribution in [0.2, 0.25) is 0 Å². The van der Waals surface area contributed by atoms with Crippen molar-refractivity contribution in [1.29, 1.82) is 0 Å². The van der Waals surface area contributed by atoms with Crippen LogP contribution in [-0.4, -0.2) is 56.1 Å². The molecule has 2 unspecified atom stereocenters. The molecule has 21 heavy (non-hydrogen) atoms. The molecule has 0 aromatic heterocycles. The zero-order chi connectivity index (χ0) is 15.5. The molecule has 0 radical (unpaired) electrons. The van der Waals surface area contributed by atoms with Gasteiger partial charge in [-0.2, -0.15) is 0 Å². The minimum atomic E-state index is -3.10. The molecule has 7 heteroatoms. The van der Waals surface area contributed by atoms with Crippen LogP contribution in [0.1, 0.15) is 39.5 Å². The molecule has 0 bridgehead atoms. The highest BCUT2D eigenvalue weighted by Gasteiger charge is 2.32. The Labute approximate surface area is 127 Å². The average molecular weight is 317 g/mol. The maximum Gasteiger partial charge on any atom is 0.237 e. The van der Waals surface area contributed by atoms with Crippen molar-refractivity contribution in [2.45, 2.75) is 51.6 Å². The highest BCUT2D eigenvalue weighted by molar-refractivity contribution is 7.89. The van der Waals surface area contributed by atoms with Gasteiger partial charge in [-0.05, 0) is 38.1 Å². The van der Waals surface area contributed by atoms with Crippen LogP contribution in [0.4, 0.5) is 0 Å². The fourth-order valence-corrected chi connectivity index (χ4v) is 4.68. The second-order valence-corrected chi connectivity index (χ2v) is 8.28. The summed E-state index contributed by atoms with van der Waals surface area (Å²) in [4.78, 5) is 12.2. The lowest BCUT2D eigenvalue weighted by Crippen LogP contribution is -2.51. The van der Waals surface area contributed by atoms with Crippen LogP contribution in [0.5, 0.6) is 0 Å². The van der Waals surface area contributed by atoms with E-state index in [1.165, 1.54) is 0 Å². The summed E-state index contributed by atoms with van der Waals surface area (Å²) in [6, 6.07) is 0.00651. The lowest BCUT2D eigenvalue weighted by molar-refractivity contribution is -0.124. The van der Waals surface area contributed by atoms with Crippen molar-refractivity contribution < 1.29 is 13.2 Å². The minimum absolute atomic E-state index is 0.0647. The summed E-state index contributed by atoms with van der Waals surface area (Å²) in [6.45, 7) is 5.89. The summed E-state index contributed by atoms with van der Waals surface area (Å²) < 4.78 is 25.6. The molecule has 2 fully saturated rings. The molecular weight excluding hydrogens is 290 g/mol. The van der Waals surface area contributed by atoms with Gasteiger partial charge in [0.2, 0.25) is 15.9 Å². The number of piperidine rings is 1. The van der Waals surface area contributed by atoms with Gasteiger partial charge in [0, 0.05) is 19.1 Å². The van der Waals surface area contributed by atoms with Crippen molar-refractivity contribution in [2.75, 3.05) is 25.4 Å². The molecule has 122 valence electrons. The number of hydrogen-bond donors (Lipinski definition) is 2. The van der Waals surface area contributed by atoms with Gasteiger partial charge >= 0.3 is 0 Å². The van der Waals surface area contributed by atoms with Crippen molar-refractivity contribution in [3.63, 3.8) is 0 Å². The van der Waals surface area contributed by atoms with Gasteiger partial charge in [-0.15, -0.1) is 0 Å². The fraction of sp³-hybridized carbons (Fsp3) is 0.929. The number of nitrogens with zero attached hydrogens (tertiary/aromatic N) is 1. The molecule has 1 amide bonds. The van der Waals surface area contributed by atoms with E-state index >= 15 is 0 Å². The summed E-state index contributed by atoms with van der Waals surface area (Å²) in [7, 11) is -3.10. The predicted molar refractivity (Wildman–Crippen MR) is 82.4 cm³/mol. The zero-order valence-corrected chi connectivity index (χ0v) is 13.8. The topological polar surface area (TPSA) is 78.5 Å². The van der Waals surface area contributed by atoms with E-state index in [1.807, 2.05) is 6.92 Å². The fourth-order valence-electron chi connectivity index (χ4n) is 3.14. The van der Waals surface area contributed by atoms with E-state index in [-0.39, 0.29) is 23.7 Å². The summed E-state index contributed by atoms with van der Waals surface area (Å²) in [6.07, 6.45) is 3.08. The molecule has 2 N–H and O–H groups in total. The van der Waals surface area contributed by atoms with Gasteiger partial charge < -0.3 is 10.6 Å². The molecule has 2 saturated heterocycles. The summed E-state index contributed by atoms with van der Waals surface area (Å²) in [5, 5.41) is 6.30.